The van der Waals surface area contributed by atoms with Crippen LogP contribution in [0.4, 0.5) is 18.2 Å². The normalized spacial score (nSPS) is 13.8. The Labute approximate surface area is 148 Å². The Morgan fingerprint density at radius 2 is 2.04 bits per heavy atom. The third kappa shape index (κ3) is 5.43. The molecule has 1 amide bonds. The zero-order valence-electron chi connectivity index (χ0n) is 14.2. The third-order valence-corrected chi connectivity index (χ3v) is 5.05. The summed E-state index contributed by atoms with van der Waals surface area (Å²) in [6.45, 7) is 1.50. The van der Waals surface area contributed by atoms with Crippen LogP contribution in [0, 0.1) is 0 Å². The van der Waals surface area contributed by atoms with Gasteiger partial charge in [-0.2, -0.15) is 13.2 Å². The van der Waals surface area contributed by atoms with E-state index < -0.39 is 24.5 Å². The van der Waals surface area contributed by atoms with Crippen molar-refractivity contribution < 1.29 is 27.5 Å². The molecular weight excluding hydrogens is 357 g/mol. The van der Waals surface area contributed by atoms with Gasteiger partial charge in [0.1, 0.15) is 5.00 Å². The summed E-state index contributed by atoms with van der Waals surface area (Å²) >= 11 is 1.34. The molecule has 1 aliphatic rings. The minimum Gasteiger partial charge on any atom is -0.462 e. The highest BCUT2D eigenvalue weighted by Crippen LogP contribution is 2.39. The van der Waals surface area contributed by atoms with Gasteiger partial charge < -0.3 is 10.1 Å². The second-order valence-electron chi connectivity index (χ2n) is 5.93. The van der Waals surface area contributed by atoms with Gasteiger partial charge in [0.05, 0.1) is 25.1 Å². The van der Waals surface area contributed by atoms with Crippen LogP contribution in [-0.4, -0.2) is 49.7 Å². The van der Waals surface area contributed by atoms with Crippen molar-refractivity contribution in [1.29, 1.82) is 0 Å². The number of ether oxygens (including phenoxy) is 1. The number of rotatable bonds is 7. The highest BCUT2D eigenvalue weighted by atomic mass is 32.1. The summed E-state index contributed by atoms with van der Waals surface area (Å²) in [5, 5.41) is 3.09. The Morgan fingerprint density at radius 1 is 1.32 bits per heavy atom. The van der Waals surface area contributed by atoms with Crippen molar-refractivity contribution in [2.24, 2.45) is 0 Å². The maximum Gasteiger partial charge on any atom is 0.390 e. The molecule has 1 aromatic rings. The summed E-state index contributed by atoms with van der Waals surface area (Å²) in [5.74, 6) is -0.919. The molecule has 0 aromatic carbocycles. The molecule has 1 aromatic heterocycles. The largest absolute Gasteiger partial charge is 0.462 e. The fraction of sp³-hybridized carbons (Fsp3) is 0.625. The Balaban J connectivity index is 2.02. The van der Waals surface area contributed by atoms with E-state index in [1.807, 2.05) is 0 Å². The number of carbonyl (C=O) groups excluding carboxylic acids is 2. The molecule has 0 spiro atoms. The van der Waals surface area contributed by atoms with Crippen molar-refractivity contribution in [2.75, 3.05) is 32.1 Å². The molecule has 1 aliphatic carbocycles. The van der Waals surface area contributed by atoms with E-state index in [1.165, 1.54) is 23.3 Å². The Hall–Kier alpha value is -1.61. The summed E-state index contributed by atoms with van der Waals surface area (Å²) in [6, 6.07) is 0. The van der Waals surface area contributed by atoms with Crippen LogP contribution >= 0.6 is 11.3 Å². The van der Waals surface area contributed by atoms with Crippen LogP contribution in [0.2, 0.25) is 0 Å². The Bertz CT molecular complexity index is 643. The van der Waals surface area contributed by atoms with Gasteiger partial charge in [-0.05, 0) is 38.8 Å². The van der Waals surface area contributed by atoms with Crippen molar-refractivity contribution >= 4 is 28.2 Å². The SMILES string of the molecule is CCOC(=O)c1c(NC(=O)CN(C)CCC(F)(F)F)sc2c1CCC2. The third-order valence-electron chi connectivity index (χ3n) is 3.84. The summed E-state index contributed by atoms with van der Waals surface area (Å²) < 4.78 is 41.8. The van der Waals surface area contributed by atoms with Gasteiger partial charge in [-0.1, -0.05) is 0 Å². The zero-order valence-corrected chi connectivity index (χ0v) is 15.0. The fourth-order valence-electron chi connectivity index (χ4n) is 2.72. The van der Waals surface area contributed by atoms with E-state index in [2.05, 4.69) is 5.32 Å². The van der Waals surface area contributed by atoms with Crippen LogP contribution in [0.15, 0.2) is 0 Å². The maximum atomic E-state index is 12.2. The van der Waals surface area contributed by atoms with E-state index in [0.29, 0.717) is 10.6 Å². The number of thiophene rings is 1. The fourth-order valence-corrected chi connectivity index (χ4v) is 4.01. The monoisotopic (exact) mass is 378 g/mol. The second-order valence-corrected chi connectivity index (χ2v) is 7.04. The number of aryl methyl sites for hydroxylation is 1. The molecule has 9 heteroatoms. The lowest BCUT2D eigenvalue weighted by molar-refractivity contribution is -0.138. The summed E-state index contributed by atoms with van der Waals surface area (Å²) in [6.07, 6.45) is -2.65. The number of amides is 1. The number of esters is 1. The minimum absolute atomic E-state index is 0.180. The molecule has 0 bridgehead atoms. The standard InChI is InChI=1S/C16H21F3N2O3S/c1-3-24-15(23)13-10-5-4-6-11(10)25-14(13)20-12(22)9-21(2)8-7-16(17,18)19/h3-9H2,1-2H3,(H,20,22). The first-order chi connectivity index (χ1) is 11.7. The van der Waals surface area contributed by atoms with Crippen LogP contribution in [0.25, 0.3) is 0 Å². The first-order valence-electron chi connectivity index (χ1n) is 8.08. The van der Waals surface area contributed by atoms with Crippen LogP contribution in [0.1, 0.15) is 40.6 Å². The number of fused-ring (bicyclic) bond motifs is 1. The molecule has 0 saturated carbocycles. The van der Waals surface area contributed by atoms with E-state index in [4.69, 9.17) is 4.74 Å². The van der Waals surface area contributed by atoms with Crippen LogP contribution in [0.5, 0.6) is 0 Å². The first kappa shape index (κ1) is 19.7. The number of hydrogen-bond acceptors (Lipinski definition) is 5. The molecule has 1 heterocycles. The van der Waals surface area contributed by atoms with Crippen LogP contribution < -0.4 is 5.32 Å². The van der Waals surface area contributed by atoms with Gasteiger partial charge in [-0.3, -0.25) is 9.69 Å². The smallest absolute Gasteiger partial charge is 0.390 e. The molecule has 0 atom stereocenters. The van der Waals surface area contributed by atoms with E-state index in [0.717, 1.165) is 29.7 Å². The van der Waals surface area contributed by atoms with Gasteiger partial charge in [0, 0.05) is 11.4 Å². The molecular formula is C16H21F3N2O3S. The van der Waals surface area contributed by atoms with Crippen LogP contribution in [0.3, 0.4) is 0 Å². The van der Waals surface area contributed by atoms with Crippen molar-refractivity contribution in [3.63, 3.8) is 0 Å². The van der Waals surface area contributed by atoms with Crippen LogP contribution in [-0.2, 0) is 22.4 Å². The summed E-state index contributed by atoms with van der Waals surface area (Å²) in [4.78, 5) is 26.7. The predicted octanol–water partition coefficient (Wildman–Crippen LogP) is 3.24. The van der Waals surface area contributed by atoms with Gasteiger partial charge in [-0.25, -0.2) is 4.79 Å². The van der Waals surface area contributed by atoms with E-state index in [-0.39, 0.29) is 19.7 Å². The highest BCUT2D eigenvalue weighted by molar-refractivity contribution is 7.17. The molecule has 1 N–H and O–H groups in total. The molecule has 0 aliphatic heterocycles. The highest BCUT2D eigenvalue weighted by Gasteiger charge is 2.29. The lowest BCUT2D eigenvalue weighted by Gasteiger charge is -2.17. The lowest BCUT2D eigenvalue weighted by atomic mass is 10.1. The van der Waals surface area contributed by atoms with Gasteiger partial charge >= 0.3 is 12.1 Å². The maximum absolute atomic E-state index is 12.2. The minimum atomic E-state index is -4.25. The van der Waals surface area contributed by atoms with Crippen molar-refractivity contribution in [3.8, 4) is 0 Å². The van der Waals surface area contributed by atoms with Gasteiger partial charge in [0.25, 0.3) is 0 Å². The van der Waals surface area contributed by atoms with Crippen molar-refractivity contribution in [3.05, 3.63) is 16.0 Å². The molecule has 25 heavy (non-hydrogen) atoms. The van der Waals surface area contributed by atoms with Gasteiger partial charge in [0.2, 0.25) is 5.91 Å². The number of nitrogens with zero attached hydrogens (tertiary/aromatic N) is 1. The Morgan fingerprint density at radius 3 is 2.68 bits per heavy atom. The number of nitrogens with one attached hydrogen (secondary N) is 1. The number of halogens is 3. The number of likely N-dealkylation sites (N-methyl/N-ethyl adjacent to an activating group) is 1. The summed E-state index contributed by atoms with van der Waals surface area (Å²) in [7, 11) is 1.45. The molecule has 0 saturated heterocycles. The quantitative estimate of drug-likeness (QED) is 0.740. The molecule has 140 valence electrons. The van der Waals surface area contributed by atoms with E-state index in [1.54, 1.807) is 6.92 Å². The summed E-state index contributed by atoms with van der Waals surface area (Å²) in [5.41, 5.74) is 1.31. The zero-order chi connectivity index (χ0) is 18.6. The average molecular weight is 378 g/mol. The van der Waals surface area contributed by atoms with Gasteiger partial charge in [-0.15, -0.1) is 11.3 Å². The Kier molecular flexibility index (Phi) is 6.45. The molecule has 2 rings (SSSR count). The molecule has 5 nitrogen and oxygen atoms in total. The first-order valence-corrected chi connectivity index (χ1v) is 8.89. The van der Waals surface area contributed by atoms with Crippen molar-refractivity contribution in [1.82, 2.24) is 4.90 Å². The van der Waals surface area contributed by atoms with Crippen molar-refractivity contribution in [2.45, 2.75) is 38.8 Å². The van der Waals surface area contributed by atoms with E-state index >= 15 is 0 Å². The molecule has 0 radical (unpaired) electrons. The number of alkyl halides is 3. The number of carbonyl (C=O) groups is 2. The van der Waals surface area contributed by atoms with Gasteiger partial charge in [0.15, 0.2) is 0 Å². The number of hydrogen-bond donors (Lipinski definition) is 1. The topological polar surface area (TPSA) is 58.6 Å². The number of anilines is 1. The lowest BCUT2D eigenvalue weighted by Crippen LogP contribution is -2.32. The molecule has 0 fully saturated rings. The second kappa shape index (κ2) is 8.18. The van der Waals surface area contributed by atoms with E-state index in [9.17, 15) is 22.8 Å². The predicted molar refractivity (Wildman–Crippen MR) is 89.1 cm³/mol. The molecule has 0 unspecified atom stereocenters. The average Bonchev–Trinajstić information content (AvgIpc) is 3.04.